The Morgan fingerprint density at radius 1 is 0.846 bits per heavy atom. The fourth-order valence-corrected chi connectivity index (χ4v) is 2.94. The number of aromatic hydroxyl groups is 1. The van der Waals surface area contributed by atoms with Gasteiger partial charge in [-0.3, -0.25) is 4.79 Å². The number of ether oxygens (including phenoxy) is 1. The van der Waals surface area contributed by atoms with Gasteiger partial charge >= 0.3 is 5.97 Å². The lowest BCUT2D eigenvalue weighted by molar-refractivity contribution is -0.138. The van der Waals surface area contributed by atoms with Gasteiger partial charge in [-0.05, 0) is 30.2 Å². The normalized spacial score (nSPS) is 11.1. The van der Waals surface area contributed by atoms with Crippen LogP contribution in [0, 0.1) is 0 Å². The number of hydrogen-bond acceptors (Lipinski definition) is 3. The predicted octanol–water partition coefficient (Wildman–Crippen LogP) is 7.00. The number of carbonyl (C=O) groups is 1. The summed E-state index contributed by atoms with van der Waals surface area (Å²) >= 11 is 0. The summed E-state index contributed by atoms with van der Waals surface area (Å²) in [6, 6.07) is 6.75. The molecule has 0 saturated carbocycles. The topological polar surface area (TPSA) is 46.5 Å². The molecule has 146 valence electrons. The molecule has 0 spiro atoms. The zero-order chi connectivity index (χ0) is 18.9. The van der Waals surface area contributed by atoms with E-state index in [2.05, 4.69) is 6.92 Å². The van der Waals surface area contributed by atoms with E-state index in [1.807, 2.05) is 0 Å². The summed E-state index contributed by atoms with van der Waals surface area (Å²) in [7, 11) is 0. The van der Waals surface area contributed by atoms with Crippen LogP contribution < -0.4 is 0 Å². The largest absolute Gasteiger partial charge is 0.508 e. The van der Waals surface area contributed by atoms with Gasteiger partial charge in [0.05, 0.1) is 6.26 Å². The third-order valence-corrected chi connectivity index (χ3v) is 4.59. The molecule has 1 N–H and O–H groups in total. The molecular formula is C23H36O3. The Bertz CT molecular complexity index is 491. The van der Waals surface area contributed by atoms with Gasteiger partial charge in [0, 0.05) is 6.42 Å². The van der Waals surface area contributed by atoms with Crippen molar-refractivity contribution in [2.75, 3.05) is 0 Å². The van der Waals surface area contributed by atoms with Crippen LogP contribution in [0.25, 0.3) is 6.08 Å². The fourth-order valence-electron chi connectivity index (χ4n) is 2.94. The summed E-state index contributed by atoms with van der Waals surface area (Å²) in [6.45, 7) is 2.26. The van der Waals surface area contributed by atoms with Gasteiger partial charge < -0.3 is 9.84 Å². The number of phenols is 1. The maximum absolute atomic E-state index is 11.7. The van der Waals surface area contributed by atoms with Crippen LogP contribution in [0.3, 0.4) is 0 Å². The van der Waals surface area contributed by atoms with E-state index < -0.39 is 0 Å². The number of benzene rings is 1. The highest BCUT2D eigenvalue weighted by molar-refractivity contribution is 5.70. The first-order chi connectivity index (χ1) is 12.7. The third kappa shape index (κ3) is 12.6. The van der Waals surface area contributed by atoms with Crippen molar-refractivity contribution in [2.24, 2.45) is 0 Å². The van der Waals surface area contributed by atoms with Crippen molar-refractivity contribution in [3.05, 3.63) is 36.1 Å². The van der Waals surface area contributed by atoms with Crippen molar-refractivity contribution in [1.29, 1.82) is 0 Å². The molecule has 0 amide bonds. The number of phenolic OH excluding ortho intramolecular Hbond substituents is 1. The summed E-state index contributed by atoms with van der Waals surface area (Å²) in [6.07, 6.45) is 19.1. The van der Waals surface area contributed by atoms with Gasteiger partial charge in [-0.1, -0.05) is 89.7 Å². The molecule has 1 aromatic rings. The molecule has 0 unspecified atom stereocenters. The van der Waals surface area contributed by atoms with Crippen molar-refractivity contribution in [3.8, 4) is 5.75 Å². The maximum atomic E-state index is 11.7. The molecule has 0 aliphatic rings. The molecule has 0 saturated heterocycles. The fraction of sp³-hybridized carbons (Fsp3) is 0.609. The van der Waals surface area contributed by atoms with E-state index in [4.69, 9.17) is 4.74 Å². The maximum Gasteiger partial charge on any atom is 0.310 e. The molecule has 0 heterocycles. The van der Waals surface area contributed by atoms with Crippen molar-refractivity contribution < 1.29 is 14.6 Å². The minimum absolute atomic E-state index is 0.174. The Morgan fingerprint density at radius 3 is 1.88 bits per heavy atom. The Balaban J connectivity index is 1.90. The second-order valence-electron chi connectivity index (χ2n) is 7.02. The predicted molar refractivity (Wildman–Crippen MR) is 109 cm³/mol. The molecule has 0 bridgehead atoms. The van der Waals surface area contributed by atoms with E-state index in [0.717, 1.165) is 18.4 Å². The van der Waals surface area contributed by atoms with E-state index in [9.17, 15) is 9.90 Å². The lowest BCUT2D eigenvalue weighted by Crippen LogP contribution is -1.98. The molecule has 1 aromatic carbocycles. The van der Waals surface area contributed by atoms with Crippen LogP contribution in [0.15, 0.2) is 30.5 Å². The van der Waals surface area contributed by atoms with E-state index in [0.29, 0.717) is 6.42 Å². The molecule has 0 atom stereocenters. The van der Waals surface area contributed by atoms with Gasteiger partial charge in [0.15, 0.2) is 0 Å². The lowest BCUT2D eigenvalue weighted by atomic mass is 10.0. The molecule has 0 aliphatic carbocycles. The molecule has 0 radical (unpaired) electrons. The summed E-state index contributed by atoms with van der Waals surface area (Å²) in [5, 5.41) is 9.20. The van der Waals surface area contributed by atoms with Crippen LogP contribution >= 0.6 is 0 Å². The zero-order valence-corrected chi connectivity index (χ0v) is 16.4. The van der Waals surface area contributed by atoms with Crippen LogP contribution in [0.4, 0.5) is 0 Å². The highest BCUT2D eigenvalue weighted by atomic mass is 16.5. The summed E-state index contributed by atoms with van der Waals surface area (Å²) in [5.74, 6) is 0.0539. The van der Waals surface area contributed by atoms with Crippen molar-refractivity contribution >= 4 is 12.0 Å². The van der Waals surface area contributed by atoms with Crippen LogP contribution in [0.1, 0.15) is 96.0 Å². The van der Waals surface area contributed by atoms with Gasteiger partial charge in [-0.2, -0.15) is 0 Å². The monoisotopic (exact) mass is 360 g/mol. The van der Waals surface area contributed by atoms with Gasteiger partial charge in [0.25, 0.3) is 0 Å². The number of esters is 1. The van der Waals surface area contributed by atoms with E-state index in [1.165, 1.54) is 70.5 Å². The summed E-state index contributed by atoms with van der Waals surface area (Å²) in [4.78, 5) is 11.7. The molecule has 0 fully saturated rings. The first kappa shape index (κ1) is 22.3. The molecular weight excluding hydrogens is 324 g/mol. The molecule has 0 aromatic heterocycles. The number of unbranched alkanes of at least 4 members (excludes halogenated alkanes) is 11. The third-order valence-electron chi connectivity index (χ3n) is 4.59. The second kappa shape index (κ2) is 15.5. The van der Waals surface area contributed by atoms with Crippen molar-refractivity contribution in [2.45, 2.75) is 90.4 Å². The molecule has 0 aliphatic heterocycles. The van der Waals surface area contributed by atoms with Gasteiger partial charge in [0.2, 0.25) is 0 Å². The van der Waals surface area contributed by atoms with Gasteiger partial charge in [-0.25, -0.2) is 0 Å². The Hall–Kier alpha value is -1.77. The second-order valence-corrected chi connectivity index (χ2v) is 7.02. The van der Waals surface area contributed by atoms with Gasteiger partial charge in [0.1, 0.15) is 5.75 Å². The highest BCUT2D eigenvalue weighted by Gasteiger charge is 2.00. The smallest absolute Gasteiger partial charge is 0.310 e. The standard InChI is InChI=1S/C23H36O3/c1-2-3-4-5-6-7-8-9-10-11-12-13-14-23(25)26-20-19-21-15-17-22(24)18-16-21/h15-20,24H,2-14H2,1H3. The average molecular weight is 361 g/mol. The lowest BCUT2D eigenvalue weighted by Gasteiger charge is -2.03. The molecule has 1 rings (SSSR count). The van der Waals surface area contributed by atoms with Gasteiger partial charge in [-0.15, -0.1) is 0 Å². The minimum atomic E-state index is -0.174. The zero-order valence-electron chi connectivity index (χ0n) is 16.4. The average Bonchev–Trinajstić information content (AvgIpc) is 2.64. The number of rotatable bonds is 15. The summed E-state index contributed by atoms with van der Waals surface area (Å²) in [5.41, 5.74) is 0.890. The minimum Gasteiger partial charge on any atom is -0.508 e. The highest BCUT2D eigenvalue weighted by Crippen LogP contribution is 2.13. The van der Waals surface area contributed by atoms with Crippen molar-refractivity contribution in [3.63, 3.8) is 0 Å². The van der Waals surface area contributed by atoms with Crippen LogP contribution in [0.5, 0.6) is 5.75 Å². The Labute approximate surface area is 159 Å². The molecule has 3 nitrogen and oxygen atoms in total. The van der Waals surface area contributed by atoms with Crippen LogP contribution in [0.2, 0.25) is 0 Å². The van der Waals surface area contributed by atoms with Crippen molar-refractivity contribution in [1.82, 2.24) is 0 Å². The first-order valence-corrected chi connectivity index (χ1v) is 10.4. The summed E-state index contributed by atoms with van der Waals surface area (Å²) < 4.78 is 5.09. The van der Waals surface area contributed by atoms with E-state index in [-0.39, 0.29) is 11.7 Å². The van der Waals surface area contributed by atoms with Crippen LogP contribution in [-0.2, 0) is 9.53 Å². The first-order valence-electron chi connectivity index (χ1n) is 10.4. The quantitative estimate of drug-likeness (QED) is 0.208. The number of hydrogen-bond donors (Lipinski definition) is 1. The van der Waals surface area contributed by atoms with E-state index in [1.54, 1.807) is 30.3 Å². The molecule has 26 heavy (non-hydrogen) atoms. The van der Waals surface area contributed by atoms with E-state index >= 15 is 0 Å². The Morgan fingerprint density at radius 2 is 1.35 bits per heavy atom. The molecule has 3 heteroatoms. The SMILES string of the molecule is CCCCCCCCCCCCCCC(=O)OC=Cc1ccc(O)cc1. The van der Waals surface area contributed by atoms with Crippen LogP contribution in [-0.4, -0.2) is 11.1 Å². The Kier molecular flexibility index (Phi) is 13.3. The number of carbonyl (C=O) groups excluding carboxylic acids is 1.